The fraction of sp³-hybridized carbons (Fsp3) is 0.261. The number of rotatable bonds is 7. The molecule has 1 aliphatic rings. The molecule has 1 aromatic heterocycles. The molecule has 3 aromatic rings. The molecule has 28 heavy (non-hydrogen) atoms. The van der Waals surface area contributed by atoms with Crippen LogP contribution in [0.1, 0.15) is 52.1 Å². The maximum Gasteiger partial charge on any atom is 0.261 e. The van der Waals surface area contributed by atoms with Crippen LogP contribution in [0, 0.1) is 0 Å². The molecule has 5 heteroatoms. The Morgan fingerprint density at radius 1 is 0.964 bits per heavy atom. The van der Waals surface area contributed by atoms with Gasteiger partial charge in [-0.05, 0) is 36.6 Å². The molecular formula is C23H22N2O3. The summed E-state index contributed by atoms with van der Waals surface area (Å²) in [6.07, 6.45) is 4.93. The summed E-state index contributed by atoms with van der Waals surface area (Å²) in [5, 5.41) is 1.10. The summed E-state index contributed by atoms with van der Waals surface area (Å²) in [4.78, 5) is 37.6. The highest BCUT2D eigenvalue weighted by atomic mass is 16.2. The number of carbonyl (C=O) groups is 3. The van der Waals surface area contributed by atoms with Crippen molar-refractivity contribution in [3.63, 3.8) is 0 Å². The largest absolute Gasteiger partial charge is 0.344 e. The Bertz CT molecular complexity index is 1030. The van der Waals surface area contributed by atoms with Gasteiger partial charge in [-0.25, -0.2) is 0 Å². The smallest absolute Gasteiger partial charge is 0.261 e. The summed E-state index contributed by atoms with van der Waals surface area (Å²) in [6, 6.07) is 15.1. The zero-order chi connectivity index (χ0) is 19.7. The lowest BCUT2D eigenvalue weighted by Crippen LogP contribution is -2.31. The van der Waals surface area contributed by atoms with Crippen molar-refractivity contribution in [1.29, 1.82) is 0 Å². The molecule has 1 aliphatic heterocycles. The number of amides is 2. The molecule has 0 bridgehead atoms. The Balaban J connectivity index is 1.62. The number of nitrogens with zero attached hydrogens (tertiary/aromatic N) is 2. The minimum atomic E-state index is -0.225. The monoisotopic (exact) mass is 374 g/mol. The third-order valence-electron chi connectivity index (χ3n) is 5.54. The van der Waals surface area contributed by atoms with E-state index in [9.17, 15) is 14.4 Å². The lowest BCUT2D eigenvalue weighted by Gasteiger charge is -2.15. The minimum absolute atomic E-state index is 0.107. The van der Waals surface area contributed by atoms with Gasteiger partial charge < -0.3 is 9.36 Å². The van der Waals surface area contributed by atoms with Crippen molar-refractivity contribution in [2.75, 3.05) is 6.54 Å². The molecule has 1 atom stereocenters. The number of carbonyl (C=O) groups excluding carboxylic acids is 3. The van der Waals surface area contributed by atoms with E-state index in [0.29, 0.717) is 30.5 Å². The Labute approximate surface area is 163 Å². The second-order valence-corrected chi connectivity index (χ2v) is 7.10. The molecule has 0 fully saturated rings. The average molecular weight is 374 g/mol. The number of imide groups is 1. The highest BCUT2D eigenvalue weighted by molar-refractivity contribution is 6.21. The number of benzene rings is 2. The van der Waals surface area contributed by atoms with Gasteiger partial charge in [0.1, 0.15) is 6.29 Å². The van der Waals surface area contributed by atoms with Crippen molar-refractivity contribution in [2.24, 2.45) is 0 Å². The lowest BCUT2D eigenvalue weighted by atomic mass is 10.1. The minimum Gasteiger partial charge on any atom is -0.344 e. The molecule has 0 saturated heterocycles. The van der Waals surface area contributed by atoms with Crippen LogP contribution in [-0.2, 0) is 11.2 Å². The van der Waals surface area contributed by atoms with E-state index < -0.39 is 0 Å². The molecule has 0 spiro atoms. The van der Waals surface area contributed by atoms with Crippen LogP contribution < -0.4 is 0 Å². The zero-order valence-electron chi connectivity index (χ0n) is 15.8. The van der Waals surface area contributed by atoms with Gasteiger partial charge in [-0.2, -0.15) is 0 Å². The summed E-state index contributed by atoms with van der Waals surface area (Å²) in [6.45, 7) is 2.41. The van der Waals surface area contributed by atoms with E-state index >= 15 is 0 Å². The zero-order valence-corrected chi connectivity index (χ0v) is 15.8. The standard InChI is InChI=1S/C23H22N2O3/c1-2-17(12-14-26)25-15-16(18-7-5-6-10-21(18)25)11-13-24-22(27)19-8-3-4-9-20(19)23(24)28/h3-10,14-15,17H,2,11-13H2,1H3/t17-/m1/s1. The molecular weight excluding hydrogens is 352 g/mol. The first kappa shape index (κ1) is 18.2. The summed E-state index contributed by atoms with van der Waals surface area (Å²) < 4.78 is 2.15. The van der Waals surface area contributed by atoms with Crippen LogP contribution in [-0.4, -0.2) is 34.1 Å². The Morgan fingerprint density at radius 2 is 1.61 bits per heavy atom. The van der Waals surface area contributed by atoms with Crippen LogP contribution in [0.15, 0.2) is 54.7 Å². The topological polar surface area (TPSA) is 59.4 Å². The number of hydrogen-bond acceptors (Lipinski definition) is 3. The molecule has 0 aliphatic carbocycles. The van der Waals surface area contributed by atoms with Crippen molar-refractivity contribution in [3.05, 3.63) is 71.4 Å². The molecule has 0 saturated carbocycles. The van der Waals surface area contributed by atoms with Crippen LogP contribution in [0.3, 0.4) is 0 Å². The van der Waals surface area contributed by atoms with Gasteiger partial charge in [0.05, 0.1) is 11.1 Å². The van der Waals surface area contributed by atoms with Gasteiger partial charge >= 0.3 is 0 Å². The van der Waals surface area contributed by atoms with Gasteiger partial charge in [0.25, 0.3) is 11.8 Å². The van der Waals surface area contributed by atoms with Gasteiger partial charge in [0.15, 0.2) is 0 Å². The molecule has 142 valence electrons. The number of hydrogen-bond donors (Lipinski definition) is 0. The Morgan fingerprint density at radius 3 is 2.25 bits per heavy atom. The fourth-order valence-electron chi connectivity index (χ4n) is 4.04. The molecule has 5 nitrogen and oxygen atoms in total. The van der Waals surface area contributed by atoms with Crippen molar-refractivity contribution in [3.8, 4) is 0 Å². The van der Waals surface area contributed by atoms with Crippen LogP contribution in [0.5, 0.6) is 0 Å². The first-order chi connectivity index (χ1) is 13.7. The van der Waals surface area contributed by atoms with E-state index in [1.54, 1.807) is 24.3 Å². The van der Waals surface area contributed by atoms with E-state index in [1.807, 2.05) is 18.2 Å². The normalized spacial score (nSPS) is 14.5. The Kier molecular flexibility index (Phi) is 4.82. The number of aromatic nitrogens is 1. The summed E-state index contributed by atoms with van der Waals surface area (Å²) >= 11 is 0. The van der Waals surface area contributed by atoms with Gasteiger partial charge in [0, 0.05) is 36.1 Å². The van der Waals surface area contributed by atoms with Crippen LogP contribution >= 0.6 is 0 Å². The van der Waals surface area contributed by atoms with Gasteiger partial charge in [0.2, 0.25) is 0 Å². The molecule has 2 heterocycles. The molecule has 2 aromatic carbocycles. The van der Waals surface area contributed by atoms with Crippen molar-refractivity contribution >= 4 is 29.0 Å². The SMILES string of the molecule is CC[C@H](CC=O)n1cc(CCN2C(=O)c3ccccc3C2=O)c2ccccc21. The van der Waals surface area contributed by atoms with E-state index in [0.717, 1.165) is 29.2 Å². The number of para-hydroxylation sites is 1. The van der Waals surface area contributed by atoms with Gasteiger partial charge in [-0.15, -0.1) is 0 Å². The van der Waals surface area contributed by atoms with E-state index in [4.69, 9.17) is 0 Å². The highest BCUT2D eigenvalue weighted by Crippen LogP contribution is 2.29. The molecule has 0 unspecified atom stereocenters. The van der Waals surface area contributed by atoms with Crippen molar-refractivity contribution < 1.29 is 14.4 Å². The van der Waals surface area contributed by atoms with Crippen LogP contribution in [0.25, 0.3) is 10.9 Å². The molecule has 0 radical (unpaired) electrons. The summed E-state index contributed by atoms with van der Waals surface area (Å²) in [5.41, 5.74) is 3.11. The van der Waals surface area contributed by atoms with Crippen molar-refractivity contribution in [2.45, 2.75) is 32.2 Å². The molecule has 4 rings (SSSR count). The molecule has 2 amide bonds. The third-order valence-corrected chi connectivity index (χ3v) is 5.54. The van der Waals surface area contributed by atoms with E-state index in [2.05, 4.69) is 23.8 Å². The number of fused-ring (bicyclic) bond motifs is 2. The molecule has 0 N–H and O–H groups in total. The first-order valence-corrected chi connectivity index (χ1v) is 9.63. The Hall–Kier alpha value is -3.21. The van der Waals surface area contributed by atoms with Gasteiger partial charge in [-0.3, -0.25) is 14.5 Å². The summed E-state index contributed by atoms with van der Waals surface area (Å²) in [5.74, 6) is -0.451. The lowest BCUT2D eigenvalue weighted by molar-refractivity contribution is -0.108. The fourth-order valence-corrected chi connectivity index (χ4v) is 4.04. The maximum atomic E-state index is 12.6. The maximum absolute atomic E-state index is 12.6. The third kappa shape index (κ3) is 2.93. The van der Waals surface area contributed by atoms with Gasteiger partial charge in [-0.1, -0.05) is 37.3 Å². The predicted molar refractivity (Wildman–Crippen MR) is 107 cm³/mol. The second-order valence-electron chi connectivity index (χ2n) is 7.10. The number of aldehydes is 1. The van der Waals surface area contributed by atoms with Crippen LogP contribution in [0.4, 0.5) is 0 Å². The first-order valence-electron chi connectivity index (χ1n) is 9.63. The summed E-state index contributed by atoms with van der Waals surface area (Å²) in [7, 11) is 0. The highest BCUT2D eigenvalue weighted by Gasteiger charge is 2.34. The van der Waals surface area contributed by atoms with Crippen molar-refractivity contribution in [1.82, 2.24) is 9.47 Å². The quantitative estimate of drug-likeness (QED) is 0.464. The van der Waals surface area contributed by atoms with E-state index in [-0.39, 0.29) is 17.9 Å². The second kappa shape index (κ2) is 7.43. The van der Waals surface area contributed by atoms with E-state index in [1.165, 1.54) is 4.90 Å². The average Bonchev–Trinajstić information content (AvgIpc) is 3.21. The van der Waals surface area contributed by atoms with Crippen LogP contribution in [0.2, 0.25) is 0 Å². The predicted octanol–water partition coefficient (Wildman–Crippen LogP) is 4.02.